The number of nitrogens with one attached hydrogen (secondary N) is 1. The van der Waals surface area contributed by atoms with Crippen LogP contribution < -0.4 is 19.7 Å². The van der Waals surface area contributed by atoms with Gasteiger partial charge in [-0.1, -0.05) is 41.9 Å². The normalized spacial score (nSPS) is 15.5. The van der Waals surface area contributed by atoms with E-state index in [1.807, 2.05) is 6.07 Å². The molecule has 5 rings (SSSR count). The number of rotatable bonds is 4. The molecule has 7 heteroatoms. The number of nitrogens with zero attached hydrogens (tertiary/aromatic N) is 1. The third-order valence-electron chi connectivity index (χ3n) is 5.04. The van der Waals surface area contributed by atoms with Gasteiger partial charge in [0.15, 0.2) is 11.5 Å². The Kier molecular flexibility index (Phi) is 4.84. The molecule has 0 fully saturated rings. The summed E-state index contributed by atoms with van der Waals surface area (Å²) in [5.41, 5.74) is 2.18. The number of benzene rings is 3. The number of ether oxygens (including phenoxy) is 2. The molecule has 2 heterocycles. The van der Waals surface area contributed by atoms with Crippen LogP contribution in [0, 0.1) is 0 Å². The Balaban J connectivity index is 1.58. The van der Waals surface area contributed by atoms with Gasteiger partial charge in [-0.05, 0) is 42.0 Å². The number of fused-ring (bicyclic) bond motifs is 1. The Morgan fingerprint density at radius 2 is 1.52 bits per heavy atom. The average molecular weight is 433 g/mol. The van der Waals surface area contributed by atoms with Crippen LogP contribution in [0.15, 0.2) is 78.5 Å². The maximum atomic E-state index is 13.4. The highest BCUT2D eigenvalue weighted by Gasteiger charge is 2.40. The number of para-hydroxylation sites is 1. The maximum Gasteiger partial charge on any atom is 0.282 e. The Labute approximate surface area is 183 Å². The summed E-state index contributed by atoms with van der Waals surface area (Å²) < 4.78 is 11.2. The largest absolute Gasteiger partial charge is 0.486 e. The molecule has 0 atom stereocenters. The smallest absolute Gasteiger partial charge is 0.282 e. The lowest BCUT2D eigenvalue weighted by Crippen LogP contribution is -2.32. The number of hydrogen-bond donors (Lipinski definition) is 1. The molecular formula is C24H17ClN2O4. The summed E-state index contributed by atoms with van der Waals surface area (Å²) >= 11 is 6.02. The molecule has 0 unspecified atom stereocenters. The second-order valence-electron chi connectivity index (χ2n) is 7.02. The van der Waals surface area contributed by atoms with Gasteiger partial charge >= 0.3 is 0 Å². The first-order valence-electron chi connectivity index (χ1n) is 9.72. The van der Waals surface area contributed by atoms with Crippen LogP contribution in [-0.2, 0) is 9.59 Å². The van der Waals surface area contributed by atoms with Crippen LogP contribution in [0.3, 0.4) is 0 Å². The number of carbonyl (C=O) groups is 2. The fourth-order valence-electron chi connectivity index (χ4n) is 3.61. The molecule has 31 heavy (non-hydrogen) atoms. The molecule has 0 saturated carbocycles. The lowest BCUT2D eigenvalue weighted by atomic mass is 10.0. The van der Waals surface area contributed by atoms with Crippen molar-refractivity contribution in [3.8, 4) is 11.5 Å². The Hall–Kier alpha value is -3.77. The van der Waals surface area contributed by atoms with E-state index in [9.17, 15) is 9.59 Å². The maximum absolute atomic E-state index is 13.4. The van der Waals surface area contributed by atoms with Crippen molar-refractivity contribution in [3.05, 3.63) is 89.1 Å². The van der Waals surface area contributed by atoms with Gasteiger partial charge in [-0.25, -0.2) is 4.90 Å². The van der Waals surface area contributed by atoms with Crippen LogP contribution in [0.25, 0.3) is 5.57 Å². The topological polar surface area (TPSA) is 67.9 Å². The second-order valence-corrected chi connectivity index (χ2v) is 7.46. The van der Waals surface area contributed by atoms with E-state index in [4.69, 9.17) is 21.1 Å². The lowest BCUT2D eigenvalue weighted by molar-refractivity contribution is -0.120. The zero-order valence-electron chi connectivity index (χ0n) is 16.3. The van der Waals surface area contributed by atoms with E-state index >= 15 is 0 Å². The number of imide groups is 1. The van der Waals surface area contributed by atoms with Gasteiger partial charge in [0, 0.05) is 16.8 Å². The predicted molar refractivity (Wildman–Crippen MR) is 118 cm³/mol. The molecule has 0 radical (unpaired) electrons. The standard InChI is InChI=1S/C24H17ClN2O4/c25-16-8-6-15(7-9-16)21-22(24(29)27(23(21)28)18-4-2-1-3-5-18)26-17-10-11-19-20(14-17)31-13-12-30-19/h1-11,14,26H,12-13H2. The van der Waals surface area contributed by atoms with E-state index in [1.54, 1.807) is 66.7 Å². The summed E-state index contributed by atoms with van der Waals surface area (Å²) in [4.78, 5) is 27.9. The number of anilines is 2. The van der Waals surface area contributed by atoms with Crippen molar-refractivity contribution >= 4 is 40.4 Å². The minimum atomic E-state index is -0.434. The fraction of sp³-hybridized carbons (Fsp3) is 0.0833. The van der Waals surface area contributed by atoms with Crippen LogP contribution in [0.5, 0.6) is 11.5 Å². The summed E-state index contributed by atoms with van der Waals surface area (Å²) in [5.74, 6) is 0.389. The van der Waals surface area contributed by atoms with Gasteiger partial charge in [-0.3, -0.25) is 9.59 Å². The first-order chi connectivity index (χ1) is 15.1. The van der Waals surface area contributed by atoms with Gasteiger partial charge in [0.05, 0.1) is 11.3 Å². The molecule has 0 saturated heterocycles. The molecule has 0 spiro atoms. The number of hydrogen-bond acceptors (Lipinski definition) is 5. The molecule has 0 aromatic heterocycles. The molecule has 2 aliphatic rings. The van der Waals surface area contributed by atoms with Crippen molar-refractivity contribution in [2.45, 2.75) is 0 Å². The summed E-state index contributed by atoms with van der Waals surface area (Å²) in [6, 6.07) is 21.0. The van der Waals surface area contributed by atoms with Crippen molar-refractivity contribution < 1.29 is 19.1 Å². The van der Waals surface area contributed by atoms with Gasteiger partial charge < -0.3 is 14.8 Å². The molecule has 0 aliphatic carbocycles. The van der Waals surface area contributed by atoms with Crippen molar-refractivity contribution in [1.29, 1.82) is 0 Å². The minimum absolute atomic E-state index is 0.188. The zero-order valence-corrected chi connectivity index (χ0v) is 17.1. The van der Waals surface area contributed by atoms with E-state index in [1.165, 1.54) is 4.90 Å². The highest BCUT2D eigenvalue weighted by molar-refractivity contribution is 6.46. The third-order valence-corrected chi connectivity index (χ3v) is 5.29. The van der Waals surface area contributed by atoms with E-state index in [0.717, 1.165) is 0 Å². The van der Waals surface area contributed by atoms with Crippen LogP contribution in [-0.4, -0.2) is 25.0 Å². The Morgan fingerprint density at radius 1 is 0.806 bits per heavy atom. The van der Waals surface area contributed by atoms with E-state index in [0.29, 0.717) is 46.7 Å². The number of carbonyl (C=O) groups excluding carboxylic acids is 2. The molecule has 6 nitrogen and oxygen atoms in total. The quantitative estimate of drug-likeness (QED) is 0.614. The van der Waals surface area contributed by atoms with Crippen molar-refractivity contribution in [2.24, 2.45) is 0 Å². The van der Waals surface area contributed by atoms with E-state index in [2.05, 4.69) is 5.32 Å². The molecular weight excluding hydrogens is 416 g/mol. The Morgan fingerprint density at radius 3 is 2.26 bits per heavy atom. The predicted octanol–water partition coefficient (Wildman–Crippen LogP) is 4.51. The van der Waals surface area contributed by atoms with Crippen molar-refractivity contribution in [3.63, 3.8) is 0 Å². The molecule has 1 N–H and O–H groups in total. The van der Waals surface area contributed by atoms with Crippen LogP contribution in [0.2, 0.25) is 5.02 Å². The van der Waals surface area contributed by atoms with E-state index < -0.39 is 11.8 Å². The second kappa shape index (κ2) is 7.81. The summed E-state index contributed by atoms with van der Waals surface area (Å²) in [7, 11) is 0. The Bertz CT molecular complexity index is 1210. The van der Waals surface area contributed by atoms with Gasteiger partial charge in [-0.15, -0.1) is 0 Å². The molecule has 0 bridgehead atoms. The molecule has 2 amide bonds. The van der Waals surface area contributed by atoms with Gasteiger partial charge in [0.25, 0.3) is 11.8 Å². The van der Waals surface area contributed by atoms with Gasteiger partial charge in [0.1, 0.15) is 18.9 Å². The van der Waals surface area contributed by atoms with Gasteiger partial charge in [0.2, 0.25) is 0 Å². The van der Waals surface area contributed by atoms with Crippen molar-refractivity contribution in [1.82, 2.24) is 0 Å². The molecule has 154 valence electrons. The fourth-order valence-corrected chi connectivity index (χ4v) is 3.73. The lowest BCUT2D eigenvalue weighted by Gasteiger charge is -2.19. The molecule has 2 aliphatic heterocycles. The molecule has 3 aromatic carbocycles. The zero-order chi connectivity index (χ0) is 21.4. The monoisotopic (exact) mass is 432 g/mol. The summed E-state index contributed by atoms with van der Waals surface area (Å²) in [6.07, 6.45) is 0. The number of amides is 2. The van der Waals surface area contributed by atoms with Gasteiger partial charge in [-0.2, -0.15) is 0 Å². The van der Waals surface area contributed by atoms with Crippen LogP contribution in [0.1, 0.15) is 5.56 Å². The van der Waals surface area contributed by atoms with Crippen LogP contribution >= 0.6 is 11.6 Å². The van der Waals surface area contributed by atoms with E-state index in [-0.39, 0.29) is 11.3 Å². The summed E-state index contributed by atoms with van der Waals surface area (Å²) in [6.45, 7) is 0.943. The average Bonchev–Trinajstić information content (AvgIpc) is 3.04. The van der Waals surface area contributed by atoms with Crippen molar-refractivity contribution in [2.75, 3.05) is 23.4 Å². The highest BCUT2D eigenvalue weighted by Crippen LogP contribution is 2.37. The first-order valence-corrected chi connectivity index (χ1v) is 10.1. The minimum Gasteiger partial charge on any atom is -0.486 e. The molecule has 3 aromatic rings. The highest BCUT2D eigenvalue weighted by atomic mass is 35.5. The third kappa shape index (κ3) is 3.51. The summed E-state index contributed by atoms with van der Waals surface area (Å²) in [5, 5.41) is 3.68. The van der Waals surface area contributed by atoms with Crippen LogP contribution in [0.4, 0.5) is 11.4 Å². The first kappa shape index (κ1) is 19.2. The number of halogens is 1. The SMILES string of the molecule is O=C1C(Nc2ccc3c(c2)OCCO3)=C(c2ccc(Cl)cc2)C(=O)N1c1ccccc1.